The maximum Gasteiger partial charge on any atom is 0.410 e. The molecule has 0 saturated heterocycles. The van der Waals surface area contributed by atoms with Crippen molar-refractivity contribution in [1.82, 2.24) is 14.9 Å². The summed E-state index contributed by atoms with van der Waals surface area (Å²) in [5.41, 5.74) is -5.93. The molecule has 0 spiro atoms. The molecule has 1 amide bonds. The summed E-state index contributed by atoms with van der Waals surface area (Å²) in [5, 5.41) is 1.14. The number of pyridine rings is 2. The predicted molar refractivity (Wildman–Crippen MR) is 99.8 cm³/mol. The number of rotatable bonds is 3. The van der Waals surface area contributed by atoms with Gasteiger partial charge in [-0.2, -0.15) is 13.2 Å². The highest BCUT2D eigenvalue weighted by atomic mass is 35.5. The lowest BCUT2D eigenvalue weighted by atomic mass is 10.0. The first-order chi connectivity index (χ1) is 14.2. The number of carbonyl (C=O) groups is 1. The van der Waals surface area contributed by atoms with Crippen LogP contribution < -0.4 is 10.7 Å². The van der Waals surface area contributed by atoms with Crippen molar-refractivity contribution in [3.63, 3.8) is 0 Å². The van der Waals surface area contributed by atoms with Crippen LogP contribution in [0.4, 0.5) is 26.3 Å². The van der Waals surface area contributed by atoms with Gasteiger partial charge in [0.25, 0.3) is 5.91 Å². The van der Waals surface area contributed by atoms with Gasteiger partial charge >= 0.3 is 6.18 Å². The lowest BCUT2D eigenvalue weighted by Crippen LogP contribution is -2.54. The summed E-state index contributed by atoms with van der Waals surface area (Å²) in [6, 6.07) is 2.93. The highest BCUT2D eigenvalue weighted by molar-refractivity contribution is 6.29. The Morgan fingerprint density at radius 3 is 2.23 bits per heavy atom. The first-order valence-electron chi connectivity index (χ1n) is 8.49. The van der Waals surface area contributed by atoms with E-state index in [2.05, 4.69) is 4.98 Å². The third kappa shape index (κ3) is 4.09. The van der Waals surface area contributed by atoms with Gasteiger partial charge in [-0.15, -0.1) is 0 Å². The summed E-state index contributed by atoms with van der Waals surface area (Å²) in [5.74, 6) is -5.50. The van der Waals surface area contributed by atoms with Crippen molar-refractivity contribution in [3.05, 3.63) is 68.9 Å². The summed E-state index contributed by atoms with van der Waals surface area (Å²) >= 11 is 5.80. The molecule has 0 aliphatic heterocycles. The molecule has 5 nitrogen and oxygen atoms in total. The number of aromatic nitrogens is 2. The van der Waals surface area contributed by atoms with E-state index < -0.39 is 57.4 Å². The van der Waals surface area contributed by atoms with Crippen LogP contribution in [0.25, 0.3) is 16.7 Å². The maximum absolute atomic E-state index is 14.4. The molecular weight excluding hydrogens is 452 g/mol. The quantitative estimate of drug-likeness (QED) is 0.458. The summed E-state index contributed by atoms with van der Waals surface area (Å²) < 4.78 is 82.1. The van der Waals surface area contributed by atoms with Crippen molar-refractivity contribution in [2.24, 2.45) is 0 Å². The van der Waals surface area contributed by atoms with Gasteiger partial charge in [0.15, 0.2) is 11.6 Å². The summed E-state index contributed by atoms with van der Waals surface area (Å²) in [6.45, 7) is 1.34. The zero-order valence-electron chi connectivity index (χ0n) is 15.7. The molecule has 0 bridgehead atoms. The molecule has 0 atom stereocenters. The summed E-state index contributed by atoms with van der Waals surface area (Å²) in [7, 11) is 0. The first-order valence-corrected chi connectivity index (χ1v) is 8.87. The Kier molecular flexibility index (Phi) is 5.51. The highest BCUT2D eigenvalue weighted by Gasteiger charge is 2.48. The van der Waals surface area contributed by atoms with Crippen LogP contribution in [-0.2, 0) is 0 Å². The molecule has 0 saturated carbocycles. The minimum Gasteiger partial charge on any atom is -0.338 e. The third-order valence-electron chi connectivity index (χ3n) is 4.42. The standard InChI is InChI=1S/C19H12ClF6N3O2/c1-18(2,19(24,25)26)28-17(31)10-7-29(14-11(22)5-8(21)6-12(14)23)16-9(15(10)30)3-4-13(20)27-16/h3-7H,1-2H3,(H,28,31). The minimum absolute atomic E-state index is 0.181. The molecular formula is C19H12ClF6N3O2. The van der Waals surface area contributed by atoms with Crippen LogP contribution in [0, 0.1) is 17.5 Å². The number of nitrogens with one attached hydrogen (secondary N) is 1. The van der Waals surface area contributed by atoms with Crippen LogP contribution in [0.5, 0.6) is 0 Å². The van der Waals surface area contributed by atoms with Crippen molar-refractivity contribution in [2.45, 2.75) is 25.6 Å². The van der Waals surface area contributed by atoms with Crippen LogP contribution in [0.3, 0.4) is 0 Å². The molecule has 0 aliphatic carbocycles. The van der Waals surface area contributed by atoms with E-state index in [1.165, 1.54) is 0 Å². The molecule has 3 aromatic rings. The number of fused-ring (bicyclic) bond motifs is 1. The molecule has 0 radical (unpaired) electrons. The fourth-order valence-corrected chi connectivity index (χ4v) is 2.84. The number of halogens is 7. The van der Waals surface area contributed by atoms with E-state index >= 15 is 0 Å². The van der Waals surface area contributed by atoms with Crippen LogP contribution in [0.2, 0.25) is 5.15 Å². The Labute approximate surface area is 175 Å². The van der Waals surface area contributed by atoms with Gasteiger partial charge < -0.3 is 5.32 Å². The normalized spacial score (nSPS) is 12.3. The number of carbonyl (C=O) groups excluding carboxylic acids is 1. The Balaban J connectivity index is 2.32. The van der Waals surface area contributed by atoms with Crippen LogP contribution in [-0.4, -0.2) is 27.2 Å². The average molecular weight is 464 g/mol. The van der Waals surface area contributed by atoms with Crippen molar-refractivity contribution >= 4 is 28.5 Å². The number of alkyl halides is 3. The molecule has 3 rings (SSSR count). The Bertz CT molecular complexity index is 1250. The van der Waals surface area contributed by atoms with E-state index in [4.69, 9.17) is 11.6 Å². The van der Waals surface area contributed by atoms with Crippen molar-refractivity contribution in [1.29, 1.82) is 0 Å². The van der Waals surface area contributed by atoms with Crippen molar-refractivity contribution in [2.75, 3.05) is 0 Å². The van der Waals surface area contributed by atoms with Crippen molar-refractivity contribution < 1.29 is 31.1 Å². The minimum atomic E-state index is -4.86. The SMILES string of the molecule is CC(C)(NC(=O)c1cn(-c2c(F)cc(F)cc2F)c2nc(Cl)ccc2c1=O)C(F)(F)F. The Morgan fingerprint density at radius 2 is 1.68 bits per heavy atom. The zero-order chi connectivity index (χ0) is 23.3. The van der Waals surface area contributed by atoms with Crippen LogP contribution >= 0.6 is 11.6 Å². The Morgan fingerprint density at radius 1 is 1.10 bits per heavy atom. The van der Waals surface area contributed by atoms with E-state index in [0.717, 1.165) is 12.1 Å². The zero-order valence-corrected chi connectivity index (χ0v) is 16.5. The van der Waals surface area contributed by atoms with E-state index in [-0.39, 0.29) is 10.5 Å². The molecule has 2 aromatic heterocycles. The lowest BCUT2D eigenvalue weighted by Gasteiger charge is -2.28. The van der Waals surface area contributed by atoms with Gasteiger partial charge in [-0.05, 0) is 26.0 Å². The van der Waals surface area contributed by atoms with Gasteiger partial charge in [-0.25, -0.2) is 18.2 Å². The maximum atomic E-state index is 14.4. The highest BCUT2D eigenvalue weighted by Crippen LogP contribution is 2.30. The predicted octanol–water partition coefficient (Wildman–Crippen LogP) is 4.53. The number of hydrogen-bond acceptors (Lipinski definition) is 3. The first kappa shape index (κ1) is 22.6. The second-order valence-electron chi connectivity index (χ2n) is 7.04. The second-order valence-corrected chi connectivity index (χ2v) is 7.43. The molecule has 1 aromatic carbocycles. The van der Waals surface area contributed by atoms with E-state index in [0.29, 0.717) is 36.7 Å². The number of nitrogens with zero attached hydrogens (tertiary/aromatic N) is 2. The molecule has 2 heterocycles. The summed E-state index contributed by atoms with van der Waals surface area (Å²) in [6.07, 6.45) is -4.24. The van der Waals surface area contributed by atoms with Gasteiger partial charge in [0, 0.05) is 18.3 Å². The van der Waals surface area contributed by atoms with Crippen LogP contribution in [0.1, 0.15) is 24.2 Å². The number of benzene rings is 1. The van der Waals surface area contributed by atoms with Gasteiger partial charge in [0.1, 0.15) is 33.4 Å². The van der Waals surface area contributed by atoms with Gasteiger partial charge in [-0.1, -0.05) is 11.6 Å². The van der Waals surface area contributed by atoms with Gasteiger partial charge in [-0.3, -0.25) is 14.2 Å². The molecule has 31 heavy (non-hydrogen) atoms. The number of hydrogen-bond donors (Lipinski definition) is 1. The average Bonchev–Trinajstić information content (AvgIpc) is 2.61. The largest absolute Gasteiger partial charge is 0.410 e. The number of amides is 1. The van der Waals surface area contributed by atoms with Crippen LogP contribution in [0.15, 0.2) is 35.3 Å². The van der Waals surface area contributed by atoms with E-state index in [9.17, 15) is 35.9 Å². The topological polar surface area (TPSA) is 64.0 Å². The molecule has 1 N–H and O–H groups in total. The molecule has 0 unspecified atom stereocenters. The summed E-state index contributed by atoms with van der Waals surface area (Å²) in [4.78, 5) is 29.1. The molecule has 12 heteroatoms. The molecule has 0 aliphatic rings. The second kappa shape index (κ2) is 7.56. The third-order valence-corrected chi connectivity index (χ3v) is 4.63. The smallest absolute Gasteiger partial charge is 0.338 e. The fraction of sp³-hybridized carbons (Fsp3) is 0.211. The monoisotopic (exact) mass is 463 g/mol. The van der Waals surface area contributed by atoms with E-state index in [1.807, 2.05) is 0 Å². The van der Waals surface area contributed by atoms with E-state index in [1.54, 1.807) is 5.32 Å². The fourth-order valence-electron chi connectivity index (χ4n) is 2.70. The van der Waals surface area contributed by atoms with Gasteiger partial charge in [0.2, 0.25) is 5.43 Å². The van der Waals surface area contributed by atoms with Gasteiger partial charge in [0.05, 0.1) is 5.39 Å². The molecule has 164 valence electrons. The Hall–Kier alpha value is -3.08. The lowest BCUT2D eigenvalue weighted by molar-refractivity contribution is -0.182. The van der Waals surface area contributed by atoms with Crippen molar-refractivity contribution in [3.8, 4) is 5.69 Å². The molecule has 0 fully saturated rings.